The number of amides is 3. The second kappa shape index (κ2) is 9.36. The highest BCUT2D eigenvalue weighted by molar-refractivity contribution is 5.80. The zero-order valence-corrected chi connectivity index (χ0v) is 18.6. The summed E-state index contributed by atoms with van der Waals surface area (Å²) in [4.78, 5) is 46.9. The Hall–Kier alpha value is -2.45. The van der Waals surface area contributed by atoms with Crippen LogP contribution in [-0.4, -0.2) is 81.3 Å². The topological polar surface area (TPSA) is 99.9 Å². The Morgan fingerprint density at radius 3 is 2.35 bits per heavy atom. The molecule has 2 aliphatic heterocycles. The molecule has 1 aromatic heterocycles. The Bertz CT molecular complexity index is 813. The summed E-state index contributed by atoms with van der Waals surface area (Å²) in [7, 11) is 0. The van der Waals surface area contributed by atoms with Gasteiger partial charge in [0.2, 0.25) is 23.6 Å². The standard InChI is InChI=1S/C22H33N5O4/c1-15(28)25-10-6-18(7-11-25)22(30)26-12-8-19(14-26)27(16(2)29)13-9-20-23-21(31-24-20)17-4-3-5-17/h17-19H,3-14H2,1-2H3. The highest BCUT2D eigenvalue weighted by atomic mass is 16.5. The summed E-state index contributed by atoms with van der Waals surface area (Å²) in [5, 5.41) is 4.08. The molecule has 170 valence electrons. The lowest BCUT2D eigenvalue weighted by Crippen LogP contribution is -2.45. The van der Waals surface area contributed by atoms with Crippen molar-refractivity contribution in [2.75, 3.05) is 32.7 Å². The van der Waals surface area contributed by atoms with Gasteiger partial charge in [-0.05, 0) is 32.1 Å². The summed E-state index contributed by atoms with van der Waals surface area (Å²) >= 11 is 0. The van der Waals surface area contributed by atoms with Crippen LogP contribution in [0.2, 0.25) is 0 Å². The Balaban J connectivity index is 1.28. The summed E-state index contributed by atoms with van der Waals surface area (Å²) in [6.45, 7) is 6.23. The van der Waals surface area contributed by atoms with Gasteiger partial charge in [0.25, 0.3) is 0 Å². The quantitative estimate of drug-likeness (QED) is 0.678. The first-order chi connectivity index (χ1) is 14.9. The summed E-state index contributed by atoms with van der Waals surface area (Å²) in [6, 6.07) is 0.0248. The maximum atomic E-state index is 13.0. The molecule has 9 heteroatoms. The predicted octanol–water partition coefficient (Wildman–Crippen LogP) is 1.59. The first-order valence-electron chi connectivity index (χ1n) is 11.6. The fourth-order valence-electron chi connectivity index (χ4n) is 4.90. The van der Waals surface area contributed by atoms with Crippen LogP contribution < -0.4 is 0 Å². The summed E-state index contributed by atoms with van der Waals surface area (Å²) in [5.41, 5.74) is 0. The molecule has 0 radical (unpaired) electrons. The highest BCUT2D eigenvalue weighted by Crippen LogP contribution is 2.35. The van der Waals surface area contributed by atoms with Crippen molar-refractivity contribution in [3.8, 4) is 0 Å². The van der Waals surface area contributed by atoms with Crippen molar-refractivity contribution >= 4 is 17.7 Å². The molecular weight excluding hydrogens is 398 g/mol. The van der Waals surface area contributed by atoms with Gasteiger partial charge in [0, 0.05) is 64.8 Å². The number of likely N-dealkylation sites (tertiary alicyclic amines) is 2. The normalized spacial score (nSPS) is 22.5. The summed E-state index contributed by atoms with van der Waals surface area (Å²) in [6.07, 6.45) is 6.23. The number of hydrogen-bond acceptors (Lipinski definition) is 6. The van der Waals surface area contributed by atoms with Crippen LogP contribution in [0.25, 0.3) is 0 Å². The van der Waals surface area contributed by atoms with Crippen molar-refractivity contribution in [2.45, 2.75) is 70.8 Å². The van der Waals surface area contributed by atoms with E-state index < -0.39 is 0 Å². The van der Waals surface area contributed by atoms with Crippen LogP contribution in [-0.2, 0) is 20.8 Å². The predicted molar refractivity (Wildman–Crippen MR) is 112 cm³/mol. The Labute approximate surface area is 183 Å². The fourth-order valence-corrected chi connectivity index (χ4v) is 4.90. The van der Waals surface area contributed by atoms with Crippen molar-refractivity contribution in [3.63, 3.8) is 0 Å². The van der Waals surface area contributed by atoms with Gasteiger partial charge in [0.1, 0.15) is 0 Å². The monoisotopic (exact) mass is 431 g/mol. The van der Waals surface area contributed by atoms with E-state index in [2.05, 4.69) is 10.1 Å². The average Bonchev–Trinajstić information content (AvgIpc) is 3.36. The first kappa shape index (κ1) is 21.8. The second-order valence-electron chi connectivity index (χ2n) is 9.15. The molecule has 0 spiro atoms. The van der Waals surface area contributed by atoms with E-state index in [0.717, 1.165) is 38.0 Å². The van der Waals surface area contributed by atoms with E-state index in [1.807, 2.05) is 14.7 Å². The van der Waals surface area contributed by atoms with Crippen LogP contribution in [0.4, 0.5) is 0 Å². The maximum Gasteiger partial charge on any atom is 0.229 e. The minimum Gasteiger partial charge on any atom is -0.343 e. The third kappa shape index (κ3) is 4.91. The molecule has 1 unspecified atom stereocenters. The van der Waals surface area contributed by atoms with Crippen molar-refractivity contribution in [1.82, 2.24) is 24.8 Å². The van der Waals surface area contributed by atoms with Crippen molar-refractivity contribution in [3.05, 3.63) is 11.7 Å². The van der Waals surface area contributed by atoms with Crippen LogP contribution in [0.15, 0.2) is 4.52 Å². The van der Waals surface area contributed by atoms with Gasteiger partial charge in [-0.15, -0.1) is 0 Å². The van der Waals surface area contributed by atoms with E-state index in [1.165, 1.54) is 6.42 Å². The SMILES string of the molecule is CC(=O)N1CCC(C(=O)N2CCC(N(CCc3noc(C4CCC4)n3)C(C)=O)C2)CC1. The fraction of sp³-hybridized carbons (Fsp3) is 0.773. The van der Waals surface area contributed by atoms with Crippen molar-refractivity contribution in [2.24, 2.45) is 5.92 Å². The summed E-state index contributed by atoms with van der Waals surface area (Å²) < 4.78 is 5.38. The number of hydrogen-bond donors (Lipinski definition) is 0. The minimum atomic E-state index is -0.0237. The minimum absolute atomic E-state index is 0.0109. The maximum absolute atomic E-state index is 13.0. The van der Waals surface area contributed by atoms with Crippen molar-refractivity contribution in [1.29, 1.82) is 0 Å². The summed E-state index contributed by atoms with van der Waals surface area (Å²) in [5.74, 6) is 2.01. The number of nitrogens with zero attached hydrogens (tertiary/aromatic N) is 5. The molecule has 1 aliphatic carbocycles. The van der Waals surface area contributed by atoms with Crippen LogP contribution in [0.5, 0.6) is 0 Å². The number of rotatable bonds is 6. The highest BCUT2D eigenvalue weighted by Gasteiger charge is 2.36. The molecule has 1 atom stereocenters. The second-order valence-corrected chi connectivity index (χ2v) is 9.15. The van der Waals surface area contributed by atoms with Gasteiger partial charge >= 0.3 is 0 Å². The largest absolute Gasteiger partial charge is 0.343 e. The van der Waals surface area contributed by atoms with Gasteiger partial charge in [-0.3, -0.25) is 14.4 Å². The molecule has 2 saturated heterocycles. The van der Waals surface area contributed by atoms with Crippen LogP contribution in [0.3, 0.4) is 0 Å². The number of carbonyl (C=O) groups is 3. The average molecular weight is 432 g/mol. The van der Waals surface area contributed by atoms with E-state index in [9.17, 15) is 14.4 Å². The molecule has 3 aliphatic rings. The van der Waals surface area contributed by atoms with E-state index in [0.29, 0.717) is 50.9 Å². The molecule has 3 amide bonds. The number of aromatic nitrogens is 2. The molecule has 0 aromatic carbocycles. The van der Waals surface area contributed by atoms with Gasteiger partial charge in [-0.25, -0.2) is 0 Å². The molecule has 4 rings (SSSR count). The lowest BCUT2D eigenvalue weighted by atomic mass is 9.85. The zero-order valence-electron chi connectivity index (χ0n) is 18.6. The Morgan fingerprint density at radius 1 is 1.03 bits per heavy atom. The van der Waals surface area contributed by atoms with Gasteiger partial charge in [0.15, 0.2) is 5.82 Å². The third-order valence-electron chi connectivity index (χ3n) is 7.12. The Morgan fingerprint density at radius 2 is 1.74 bits per heavy atom. The molecule has 3 heterocycles. The van der Waals surface area contributed by atoms with Gasteiger partial charge in [0.05, 0.1) is 6.04 Å². The van der Waals surface area contributed by atoms with E-state index in [4.69, 9.17) is 4.52 Å². The molecular formula is C22H33N5O4. The van der Waals surface area contributed by atoms with E-state index in [1.54, 1.807) is 13.8 Å². The lowest BCUT2D eigenvalue weighted by molar-refractivity contribution is -0.139. The molecule has 0 bridgehead atoms. The molecule has 3 fully saturated rings. The molecule has 31 heavy (non-hydrogen) atoms. The Kier molecular flexibility index (Phi) is 6.57. The van der Waals surface area contributed by atoms with E-state index >= 15 is 0 Å². The molecule has 1 aromatic rings. The number of carbonyl (C=O) groups excluding carboxylic acids is 3. The lowest BCUT2D eigenvalue weighted by Gasteiger charge is -2.33. The van der Waals surface area contributed by atoms with Gasteiger partial charge in [-0.1, -0.05) is 11.6 Å². The van der Waals surface area contributed by atoms with Crippen LogP contribution in [0, 0.1) is 5.92 Å². The zero-order chi connectivity index (χ0) is 22.0. The molecule has 9 nitrogen and oxygen atoms in total. The molecule has 0 N–H and O–H groups in total. The van der Waals surface area contributed by atoms with Gasteiger partial charge < -0.3 is 19.2 Å². The third-order valence-corrected chi connectivity index (χ3v) is 7.12. The van der Waals surface area contributed by atoms with Crippen molar-refractivity contribution < 1.29 is 18.9 Å². The molecule has 1 saturated carbocycles. The number of piperidine rings is 1. The van der Waals surface area contributed by atoms with Crippen LogP contribution in [0.1, 0.15) is 70.0 Å². The van der Waals surface area contributed by atoms with Crippen LogP contribution >= 0.6 is 0 Å². The van der Waals surface area contributed by atoms with Gasteiger partial charge in [-0.2, -0.15) is 4.98 Å². The first-order valence-corrected chi connectivity index (χ1v) is 11.6. The smallest absolute Gasteiger partial charge is 0.229 e. The van der Waals surface area contributed by atoms with E-state index in [-0.39, 0.29) is 29.7 Å².